The van der Waals surface area contributed by atoms with Crippen molar-refractivity contribution in [2.45, 2.75) is 6.42 Å². The summed E-state index contributed by atoms with van der Waals surface area (Å²) < 4.78 is 27.7. The van der Waals surface area contributed by atoms with Crippen molar-refractivity contribution in [3.05, 3.63) is 58.6 Å². The van der Waals surface area contributed by atoms with E-state index in [-0.39, 0.29) is 6.42 Å². The second kappa shape index (κ2) is 4.59. The van der Waals surface area contributed by atoms with Crippen molar-refractivity contribution in [3.63, 3.8) is 0 Å². The fraction of sp³-hybridized carbons (Fsp3) is 0.0714. The van der Waals surface area contributed by atoms with E-state index in [4.69, 9.17) is 5.73 Å². The summed E-state index contributed by atoms with van der Waals surface area (Å²) in [5, 5.41) is 0.741. The van der Waals surface area contributed by atoms with Crippen LogP contribution in [-0.4, -0.2) is 4.98 Å². The maximum atomic E-state index is 13.6. The topological polar surface area (TPSA) is 38.9 Å². The Hall–Kier alpha value is -2.01. The molecule has 96 valence electrons. The van der Waals surface area contributed by atoms with Crippen LogP contribution < -0.4 is 5.73 Å². The molecular formula is C14H10F2N2S. The molecule has 0 atom stereocenters. The van der Waals surface area contributed by atoms with E-state index in [1.54, 1.807) is 12.1 Å². The van der Waals surface area contributed by atoms with Gasteiger partial charge in [0.2, 0.25) is 0 Å². The van der Waals surface area contributed by atoms with Gasteiger partial charge < -0.3 is 5.73 Å². The van der Waals surface area contributed by atoms with Gasteiger partial charge >= 0.3 is 0 Å². The molecule has 2 nitrogen and oxygen atoms in total. The van der Waals surface area contributed by atoms with E-state index < -0.39 is 11.6 Å². The van der Waals surface area contributed by atoms with Crippen LogP contribution in [0.5, 0.6) is 0 Å². The number of aromatic nitrogens is 1. The van der Waals surface area contributed by atoms with Gasteiger partial charge in [-0.05, 0) is 29.8 Å². The average Bonchev–Trinajstić information content (AvgIpc) is 2.76. The highest BCUT2D eigenvalue weighted by molar-refractivity contribution is 7.18. The van der Waals surface area contributed by atoms with Crippen LogP contribution >= 0.6 is 11.3 Å². The average molecular weight is 276 g/mol. The number of halogens is 2. The Labute approximate surface area is 112 Å². The summed E-state index contributed by atoms with van der Waals surface area (Å²) in [5.74, 6) is -1.64. The van der Waals surface area contributed by atoms with Crippen LogP contribution in [-0.2, 0) is 6.42 Å². The van der Waals surface area contributed by atoms with E-state index in [1.807, 2.05) is 12.1 Å². The third-order valence-corrected chi connectivity index (χ3v) is 3.85. The molecule has 3 rings (SSSR count). The van der Waals surface area contributed by atoms with E-state index in [0.29, 0.717) is 11.3 Å². The monoisotopic (exact) mass is 276 g/mol. The fourth-order valence-corrected chi connectivity index (χ4v) is 2.95. The minimum absolute atomic E-state index is 0.281. The molecule has 0 bridgehead atoms. The number of nitrogens with zero attached hydrogens (tertiary/aromatic N) is 1. The zero-order valence-corrected chi connectivity index (χ0v) is 10.7. The van der Waals surface area contributed by atoms with Crippen molar-refractivity contribution >= 4 is 27.2 Å². The van der Waals surface area contributed by atoms with Gasteiger partial charge in [-0.1, -0.05) is 12.1 Å². The number of hydrogen-bond donors (Lipinski definition) is 1. The Kier molecular flexibility index (Phi) is 2.91. The minimum atomic E-state index is -0.831. The first-order valence-electron chi connectivity index (χ1n) is 5.71. The van der Waals surface area contributed by atoms with Crippen molar-refractivity contribution in [3.8, 4) is 0 Å². The zero-order valence-electron chi connectivity index (χ0n) is 9.86. The molecule has 0 radical (unpaired) electrons. The minimum Gasteiger partial charge on any atom is -0.399 e. The van der Waals surface area contributed by atoms with Gasteiger partial charge in [-0.2, -0.15) is 0 Å². The standard InChI is InChI=1S/C14H10F2N2S/c15-10-3-1-2-8(14(10)16)6-13-18-11-5-4-9(17)7-12(11)19-13/h1-5,7H,6,17H2. The number of anilines is 1. The van der Waals surface area contributed by atoms with Crippen LogP contribution in [0, 0.1) is 11.6 Å². The van der Waals surface area contributed by atoms with Gasteiger partial charge in [0, 0.05) is 12.1 Å². The Bertz CT molecular complexity index is 752. The van der Waals surface area contributed by atoms with Crippen molar-refractivity contribution in [1.82, 2.24) is 4.98 Å². The molecule has 0 aliphatic heterocycles. The molecule has 0 aliphatic carbocycles. The van der Waals surface area contributed by atoms with Crippen LogP contribution in [0.1, 0.15) is 10.6 Å². The highest BCUT2D eigenvalue weighted by atomic mass is 32.1. The maximum Gasteiger partial charge on any atom is 0.162 e. The van der Waals surface area contributed by atoms with Gasteiger partial charge in [0.25, 0.3) is 0 Å². The van der Waals surface area contributed by atoms with Gasteiger partial charge in [0.15, 0.2) is 11.6 Å². The highest BCUT2D eigenvalue weighted by Crippen LogP contribution is 2.26. The molecule has 0 fully saturated rings. The van der Waals surface area contributed by atoms with Crippen LogP contribution in [0.3, 0.4) is 0 Å². The summed E-state index contributed by atoms with van der Waals surface area (Å²) in [5.41, 5.74) is 7.50. The highest BCUT2D eigenvalue weighted by Gasteiger charge is 2.11. The van der Waals surface area contributed by atoms with Gasteiger partial charge in [0.05, 0.1) is 15.2 Å². The summed E-state index contributed by atoms with van der Waals surface area (Å²) in [6, 6.07) is 9.61. The van der Waals surface area contributed by atoms with Crippen LogP contribution in [0.4, 0.5) is 14.5 Å². The molecule has 1 heterocycles. The van der Waals surface area contributed by atoms with Crippen molar-refractivity contribution < 1.29 is 8.78 Å². The predicted octanol–water partition coefficient (Wildman–Crippen LogP) is 3.75. The van der Waals surface area contributed by atoms with Gasteiger partial charge in [-0.15, -0.1) is 11.3 Å². The van der Waals surface area contributed by atoms with Crippen LogP contribution in [0.2, 0.25) is 0 Å². The third-order valence-electron chi connectivity index (χ3n) is 2.83. The first-order valence-corrected chi connectivity index (χ1v) is 6.53. The molecule has 0 unspecified atom stereocenters. The lowest BCUT2D eigenvalue weighted by atomic mass is 10.1. The quantitative estimate of drug-likeness (QED) is 0.724. The van der Waals surface area contributed by atoms with Crippen LogP contribution in [0.25, 0.3) is 10.2 Å². The van der Waals surface area contributed by atoms with E-state index >= 15 is 0 Å². The van der Waals surface area contributed by atoms with Crippen LogP contribution in [0.15, 0.2) is 36.4 Å². The maximum absolute atomic E-state index is 13.6. The first kappa shape index (κ1) is 12.0. The van der Waals surface area contributed by atoms with Crippen molar-refractivity contribution in [2.24, 2.45) is 0 Å². The number of fused-ring (bicyclic) bond motifs is 1. The van der Waals surface area contributed by atoms with Gasteiger partial charge in [-0.3, -0.25) is 0 Å². The summed E-state index contributed by atoms with van der Waals surface area (Å²) >= 11 is 1.44. The van der Waals surface area contributed by atoms with E-state index in [2.05, 4.69) is 4.98 Å². The van der Waals surface area contributed by atoms with Crippen molar-refractivity contribution in [1.29, 1.82) is 0 Å². The molecule has 0 aliphatic rings. The molecule has 0 spiro atoms. The van der Waals surface area contributed by atoms with Gasteiger partial charge in [-0.25, -0.2) is 13.8 Å². The lowest BCUT2D eigenvalue weighted by Crippen LogP contribution is -1.94. The molecule has 1 aromatic heterocycles. The molecule has 0 amide bonds. The Morgan fingerprint density at radius 2 is 2.00 bits per heavy atom. The number of hydrogen-bond acceptors (Lipinski definition) is 3. The second-order valence-electron chi connectivity index (χ2n) is 4.22. The predicted molar refractivity (Wildman–Crippen MR) is 73.2 cm³/mol. The SMILES string of the molecule is Nc1ccc2nc(Cc3cccc(F)c3F)sc2c1. The third kappa shape index (κ3) is 2.29. The summed E-state index contributed by atoms with van der Waals surface area (Å²) in [4.78, 5) is 4.39. The molecule has 3 aromatic rings. The molecule has 2 aromatic carbocycles. The van der Waals surface area contributed by atoms with E-state index in [1.165, 1.54) is 17.4 Å². The summed E-state index contributed by atoms with van der Waals surface area (Å²) in [7, 11) is 0. The largest absolute Gasteiger partial charge is 0.399 e. The number of rotatable bonds is 2. The van der Waals surface area contributed by atoms with E-state index in [9.17, 15) is 8.78 Å². The molecule has 19 heavy (non-hydrogen) atoms. The summed E-state index contributed by atoms with van der Waals surface area (Å²) in [6.45, 7) is 0. The zero-order chi connectivity index (χ0) is 13.4. The molecular weight excluding hydrogens is 266 g/mol. The number of benzene rings is 2. The number of thiazole rings is 1. The Balaban J connectivity index is 1.99. The molecule has 5 heteroatoms. The molecule has 2 N–H and O–H groups in total. The smallest absolute Gasteiger partial charge is 0.162 e. The second-order valence-corrected chi connectivity index (χ2v) is 5.34. The van der Waals surface area contributed by atoms with Gasteiger partial charge in [0.1, 0.15) is 0 Å². The normalized spacial score (nSPS) is 11.1. The van der Waals surface area contributed by atoms with E-state index in [0.717, 1.165) is 21.3 Å². The first-order chi connectivity index (χ1) is 9.13. The number of nitrogens with two attached hydrogens (primary N) is 1. The lowest BCUT2D eigenvalue weighted by molar-refractivity contribution is 0.501. The fourth-order valence-electron chi connectivity index (χ4n) is 1.91. The number of nitrogen functional groups attached to an aromatic ring is 1. The Morgan fingerprint density at radius 1 is 1.16 bits per heavy atom. The lowest BCUT2D eigenvalue weighted by Gasteiger charge is -2.00. The summed E-state index contributed by atoms with van der Waals surface area (Å²) in [6.07, 6.45) is 0.281. The molecule has 0 saturated carbocycles. The Morgan fingerprint density at radius 3 is 2.84 bits per heavy atom. The van der Waals surface area contributed by atoms with Crippen molar-refractivity contribution in [2.75, 3.05) is 5.73 Å². The molecule has 0 saturated heterocycles.